The zero-order valence-electron chi connectivity index (χ0n) is 15.6. The minimum absolute atomic E-state index is 0.0407. The van der Waals surface area contributed by atoms with Crippen LogP contribution in [0.3, 0.4) is 0 Å². The molecule has 4 aromatic carbocycles. The number of nitrogens with zero attached hydrogens (tertiary/aromatic N) is 2. The van der Waals surface area contributed by atoms with Crippen LogP contribution in [-0.2, 0) is 0 Å². The topological polar surface area (TPSA) is 27.8 Å². The molecule has 0 fully saturated rings. The Labute approximate surface area is 171 Å². The van der Waals surface area contributed by atoms with Crippen LogP contribution in [0.1, 0.15) is 0 Å². The third-order valence-corrected chi connectivity index (χ3v) is 6.66. The average molecular weight is 382 g/mol. The number of rotatable bonds is 0. The SMILES string of the molecule is [C-]#[N+]c1cc2c3c4c1c1ccccc1n4-c1cccc4c1B3c1c(cccc1O2)O4. The van der Waals surface area contributed by atoms with Crippen molar-refractivity contribution in [3.8, 4) is 28.7 Å². The van der Waals surface area contributed by atoms with Gasteiger partial charge in [-0.15, -0.1) is 0 Å². The fraction of sp³-hybridized carbons (Fsp3) is 0. The van der Waals surface area contributed by atoms with Crippen LogP contribution >= 0.6 is 0 Å². The average Bonchev–Trinajstić information content (AvgIpc) is 3.14. The van der Waals surface area contributed by atoms with Crippen molar-refractivity contribution in [2.75, 3.05) is 0 Å². The number of hydrogen-bond donors (Lipinski definition) is 0. The highest BCUT2D eigenvalue weighted by Crippen LogP contribution is 2.45. The Morgan fingerprint density at radius 3 is 2.33 bits per heavy atom. The van der Waals surface area contributed by atoms with Gasteiger partial charge >= 0.3 is 0 Å². The van der Waals surface area contributed by atoms with Crippen LogP contribution in [0.2, 0.25) is 0 Å². The Bertz CT molecular complexity index is 1680. The van der Waals surface area contributed by atoms with Crippen LogP contribution in [0.4, 0.5) is 5.69 Å². The van der Waals surface area contributed by atoms with Crippen molar-refractivity contribution in [3.05, 3.63) is 78.1 Å². The van der Waals surface area contributed by atoms with Gasteiger partial charge in [0, 0.05) is 22.1 Å². The van der Waals surface area contributed by atoms with E-state index in [0.717, 1.165) is 61.4 Å². The van der Waals surface area contributed by atoms with Crippen LogP contribution in [0, 0.1) is 6.57 Å². The largest absolute Gasteiger partial charge is 0.460 e. The molecule has 0 amide bonds. The molecule has 1 aromatic heterocycles. The van der Waals surface area contributed by atoms with Gasteiger partial charge in [0.05, 0.1) is 12.1 Å². The molecule has 136 valence electrons. The first-order valence-corrected chi connectivity index (χ1v) is 9.94. The van der Waals surface area contributed by atoms with Crippen molar-refractivity contribution in [2.24, 2.45) is 0 Å². The van der Waals surface area contributed by atoms with Crippen LogP contribution in [0.5, 0.6) is 23.0 Å². The number of aromatic nitrogens is 1. The van der Waals surface area contributed by atoms with Gasteiger partial charge in [0.25, 0.3) is 6.71 Å². The lowest BCUT2D eigenvalue weighted by molar-refractivity contribution is 0.464. The fourth-order valence-electron chi connectivity index (χ4n) is 5.61. The molecular weight excluding hydrogens is 371 g/mol. The van der Waals surface area contributed by atoms with Gasteiger partial charge < -0.3 is 14.0 Å². The second-order valence-electron chi connectivity index (χ2n) is 7.99. The van der Waals surface area contributed by atoms with Crippen molar-refractivity contribution >= 4 is 50.6 Å². The summed E-state index contributed by atoms with van der Waals surface area (Å²) in [6.07, 6.45) is 0. The maximum Gasteiger partial charge on any atom is 0.266 e. The summed E-state index contributed by atoms with van der Waals surface area (Å²) in [4.78, 5) is 3.89. The summed E-state index contributed by atoms with van der Waals surface area (Å²) in [5.74, 6) is 3.32. The molecule has 0 atom stereocenters. The minimum Gasteiger partial charge on any atom is -0.460 e. The van der Waals surface area contributed by atoms with Crippen LogP contribution in [0.15, 0.2) is 66.7 Å². The summed E-state index contributed by atoms with van der Waals surface area (Å²) in [5, 5.41) is 2.10. The molecule has 0 saturated carbocycles. The first kappa shape index (κ1) is 14.8. The van der Waals surface area contributed by atoms with Crippen molar-refractivity contribution in [1.82, 2.24) is 4.57 Å². The summed E-state index contributed by atoms with van der Waals surface area (Å²) in [6.45, 7) is 7.91. The molecular formula is C25H11BN2O2. The molecule has 0 aliphatic carbocycles. The molecule has 5 aromatic rings. The highest BCUT2D eigenvalue weighted by molar-refractivity contribution is 7.00. The van der Waals surface area contributed by atoms with Crippen molar-refractivity contribution in [1.29, 1.82) is 0 Å². The van der Waals surface area contributed by atoms with Gasteiger partial charge in [-0.2, -0.15) is 0 Å². The zero-order valence-corrected chi connectivity index (χ0v) is 15.6. The maximum absolute atomic E-state index is 7.87. The van der Waals surface area contributed by atoms with Gasteiger partial charge in [0.2, 0.25) is 5.69 Å². The third-order valence-electron chi connectivity index (χ3n) is 6.66. The van der Waals surface area contributed by atoms with E-state index >= 15 is 0 Å². The smallest absolute Gasteiger partial charge is 0.266 e. The van der Waals surface area contributed by atoms with Gasteiger partial charge in [0.15, 0.2) is 0 Å². The molecule has 4 nitrogen and oxygen atoms in total. The lowest BCUT2D eigenvalue weighted by Crippen LogP contribution is -2.60. The Kier molecular flexibility index (Phi) is 2.31. The Balaban J connectivity index is 1.71. The number of para-hydroxylation sites is 1. The summed E-state index contributed by atoms with van der Waals surface area (Å²) in [7, 11) is 0. The highest BCUT2D eigenvalue weighted by atomic mass is 16.5. The van der Waals surface area contributed by atoms with Crippen LogP contribution < -0.4 is 25.9 Å². The van der Waals surface area contributed by atoms with Gasteiger partial charge in [-0.1, -0.05) is 30.3 Å². The van der Waals surface area contributed by atoms with E-state index in [4.69, 9.17) is 16.0 Å². The van der Waals surface area contributed by atoms with E-state index in [0.29, 0.717) is 5.69 Å². The number of fused-ring (bicyclic) bond motifs is 4. The second-order valence-corrected chi connectivity index (χ2v) is 7.99. The summed E-state index contributed by atoms with van der Waals surface area (Å²) in [5.41, 5.74) is 7.32. The van der Waals surface area contributed by atoms with E-state index in [1.165, 1.54) is 5.46 Å². The van der Waals surface area contributed by atoms with Gasteiger partial charge in [0.1, 0.15) is 23.0 Å². The van der Waals surface area contributed by atoms with Crippen molar-refractivity contribution in [3.63, 3.8) is 0 Å². The predicted octanol–water partition coefficient (Wildman–Crippen LogP) is 4.38. The van der Waals surface area contributed by atoms with E-state index in [2.05, 4.69) is 33.7 Å². The summed E-state index contributed by atoms with van der Waals surface area (Å²) < 4.78 is 15.0. The van der Waals surface area contributed by atoms with Crippen molar-refractivity contribution < 1.29 is 9.47 Å². The second kappa shape index (κ2) is 4.69. The first-order valence-electron chi connectivity index (χ1n) is 9.94. The molecule has 3 aliphatic heterocycles. The minimum atomic E-state index is 0.0407. The van der Waals surface area contributed by atoms with Crippen molar-refractivity contribution in [2.45, 2.75) is 0 Å². The number of hydrogen-bond acceptors (Lipinski definition) is 2. The van der Waals surface area contributed by atoms with Gasteiger partial charge in [-0.05, 0) is 52.7 Å². The summed E-state index contributed by atoms with van der Waals surface area (Å²) >= 11 is 0. The van der Waals surface area contributed by atoms with E-state index in [-0.39, 0.29) is 6.71 Å². The molecule has 4 heterocycles. The Morgan fingerprint density at radius 2 is 1.50 bits per heavy atom. The maximum atomic E-state index is 7.87. The quantitative estimate of drug-likeness (QED) is 0.288. The molecule has 5 heteroatoms. The molecule has 0 spiro atoms. The van der Waals surface area contributed by atoms with Crippen LogP contribution in [-0.4, -0.2) is 11.3 Å². The molecule has 8 rings (SSSR count). The fourth-order valence-corrected chi connectivity index (χ4v) is 5.61. The predicted molar refractivity (Wildman–Crippen MR) is 118 cm³/mol. The number of ether oxygens (including phenoxy) is 2. The van der Waals surface area contributed by atoms with E-state index in [1.54, 1.807) is 0 Å². The van der Waals surface area contributed by atoms with E-state index in [9.17, 15) is 0 Å². The molecule has 0 N–H and O–H groups in total. The molecule has 0 bridgehead atoms. The standard InChI is InChI=1S/C25H11BN2O2/c1-27-14-12-20-24-25-21(14)13-6-2-3-7-15(13)28(25)16-8-4-9-17-22(16)26(24)23-18(29-17)10-5-11-19(23)30-20/h2-12H. The highest BCUT2D eigenvalue weighted by Gasteiger charge is 2.46. The van der Waals surface area contributed by atoms with Gasteiger partial charge in [-0.3, -0.25) is 0 Å². The molecule has 0 radical (unpaired) electrons. The van der Waals surface area contributed by atoms with E-state index < -0.39 is 0 Å². The monoisotopic (exact) mass is 382 g/mol. The third kappa shape index (κ3) is 1.44. The van der Waals surface area contributed by atoms with E-state index in [1.807, 2.05) is 42.5 Å². The first-order chi connectivity index (χ1) is 14.8. The molecule has 30 heavy (non-hydrogen) atoms. The lowest BCUT2D eigenvalue weighted by Gasteiger charge is -2.37. The normalized spacial score (nSPS) is 13.8. The molecule has 0 unspecified atom stereocenters. The molecule has 3 aliphatic rings. The zero-order chi connectivity index (χ0) is 19.6. The molecule has 0 saturated heterocycles. The Morgan fingerprint density at radius 1 is 0.767 bits per heavy atom. The summed E-state index contributed by atoms with van der Waals surface area (Å²) in [6, 6.07) is 22.5. The number of benzene rings is 4. The lowest BCUT2D eigenvalue weighted by atomic mass is 9.33. The van der Waals surface area contributed by atoms with Crippen LogP contribution in [0.25, 0.3) is 32.3 Å². The van der Waals surface area contributed by atoms with Gasteiger partial charge in [-0.25, -0.2) is 4.85 Å². The Hall–Kier alpha value is -4.17.